The van der Waals surface area contributed by atoms with Crippen molar-refractivity contribution in [2.75, 3.05) is 19.1 Å². The monoisotopic (exact) mass is 656 g/mol. The minimum Gasteiger partial charge on any atom is -0.503 e. The van der Waals surface area contributed by atoms with Crippen LogP contribution in [0.3, 0.4) is 0 Å². The highest BCUT2D eigenvalue weighted by Crippen LogP contribution is 2.65. The zero-order chi connectivity index (χ0) is 28.0. The lowest BCUT2D eigenvalue weighted by Crippen LogP contribution is -2.49. The number of aromatic hydroxyl groups is 1. The van der Waals surface area contributed by atoms with Gasteiger partial charge in [-0.1, -0.05) is 29.8 Å². The second-order valence-corrected chi connectivity index (χ2v) is 12.5. The van der Waals surface area contributed by atoms with Gasteiger partial charge >= 0.3 is 0 Å². The fourth-order valence-electron chi connectivity index (χ4n) is 7.32. The summed E-state index contributed by atoms with van der Waals surface area (Å²) in [5, 5.41) is 10.7. The normalized spacial score (nSPS) is 31.7. The molecule has 2 aromatic carbocycles. The number of rotatable bonds is 3. The van der Waals surface area contributed by atoms with E-state index in [0.717, 1.165) is 5.57 Å². The van der Waals surface area contributed by atoms with Gasteiger partial charge in [-0.25, -0.2) is 4.90 Å². The quantitative estimate of drug-likeness (QED) is 0.376. The van der Waals surface area contributed by atoms with Crippen LogP contribution in [-0.4, -0.2) is 47.8 Å². The number of fused-ring (bicyclic) bond motifs is 4. The maximum absolute atomic E-state index is 14.4. The fourth-order valence-corrected chi connectivity index (χ4v) is 8.27. The van der Waals surface area contributed by atoms with E-state index in [1.54, 1.807) is 30.3 Å². The molecular formula is C29H26Br2N2O6. The average Bonchev–Trinajstić information content (AvgIpc) is 3.28. The van der Waals surface area contributed by atoms with Crippen molar-refractivity contribution in [3.63, 3.8) is 0 Å². The van der Waals surface area contributed by atoms with Gasteiger partial charge in [0.1, 0.15) is 0 Å². The molecule has 0 radical (unpaired) electrons. The number of likely N-dealkylation sites (tertiary alicyclic amines) is 1. The predicted molar refractivity (Wildman–Crippen MR) is 149 cm³/mol. The SMILES string of the molecule is COc1cc([C@H]2C3=CC[C@@H]4C(=O)N(C)C(=O)[C@@H]4[C@@H]3C[C@H]3C(=O)N(c4ccccc4)C(=O)[C@@]23C)c(Br)c(Br)c1O. The molecule has 2 aromatic rings. The molecular weight excluding hydrogens is 632 g/mol. The summed E-state index contributed by atoms with van der Waals surface area (Å²) in [5.41, 5.74) is 0.818. The Labute approximate surface area is 242 Å². The van der Waals surface area contributed by atoms with Crippen LogP contribution in [-0.2, 0) is 19.2 Å². The van der Waals surface area contributed by atoms with E-state index in [2.05, 4.69) is 31.9 Å². The predicted octanol–water partition coefficient (Wildman–Crippen LogP) is 4.79. The molecule has 202 valence electrons. The minimum atomic E-state index is -1.19. The highest BCUT2D eigenvalue weighted by atomic mass is 79.9. The molecule has 1 saturated carbocycles. The Morgan fingerprint density at radius 3 is 2.36 bits per heavy atom. The molecule has 8 nitrogen and oxygen atoms in total. The van der Waals surface area contributed by atoms with Crippen LogP contribution in [0.25, 0.3) is 0 Å². The number of phenolic OH excluding ortho intramolecular Hbond substituents is 1. The van der Waals surface area contributed by atoms with Crippen LogP contribution >= 0.6 is 31.9 Å². The summed E-state index contributed by atoms with van der Waals surface area (Å²) in [6, 6.07) is 10.5. The zero-order valence-electron chi connectivity index (χ0n) is 21.5. The summed E-state index contributed by atoms with van der Waals surface area (Å²) in [6.45, 7) is 1.82. The van der Waals surface area contributed by atoms with Crippen molar-refractivity contribution in [3.8, 4) is 11.5 Å². The molecule has 2 heterocycles. The standard InChI is InChI=1S/C29H26Br2N2O6/c1-29-18(26(36)33(28(29)38)13-7-5-4-6-8-13)11-16-14(9-10-15-20(16)27(37)32(2)25(15)35)21(29)17-12-19(39-3)24(34)23(31)22(17)30/h4-9,12,15-16,18,20-21,34H,10-11H2,1-3H3/t15-,16+,18-,20-,21+,29+/m0/s1. The maximum atomic E-state index is 14.4. The van der Waals surface area contributed by atoms with Gasteiger partial charge in [0.05, 0.1) is 40.4 Å². The van der Waals surface area contributed by atoms with Gasteiger partial charge in [0.15, 0.2) is 11.5 Å². The highest BCUT2D eigenvalue weighted by molar-refractivity contribution is 9.13. The first-order valence-corrected chi connectivity index (χ1v) is 14.3. The number of hydrogen-bond donors (Lipinski definition) is 1. The van der Waals surface area contributed by atoms with Crippen molar-refractivity contribution < 1.29 is 29.0 Å². The Hall–Kier alpha value is -2.98. The highest BCUT2D eigenvalue weighted by Gasteiger charge is 2.67. The molecule has 2 aliphatic heterocycles. The van der Waals surface area contributed by atoms with Crippen molar-refractivity contribution in [1.82, 2.24) is 4.90 Å². The summed E-state index contributed by atoms with van der Waals surface area (Å²) >= 11 is 7.07. The number of nitrogens with zero attached hydrogens (tertiary/aromatic N) is 2. The van der Waals surface area contributed by atoms with Gasteiger partial charge in [0.2, 0.25) is 23.6 Å². The van der Waals surface area contributed by atoms with Crippen LogP contribution < -0.4 is 9.64 Å². The molecule has 0 bridgehead atoms. The summed E-state index contributed by atoms with van der Waals surface area (Å²) in [6.07, 6.45) is 2.65. The van der Waals surface area contributed by atoms with Crippen molar-refractivity contribution >= 4 is 61.2 Å². The van der Waals surface area contributed by atoms with Gasteiger partial charge in [0, 0.05) is 17.4 Å². The first-order chi connectivity index (χ1) is 18.5. The second kappa shape index (κ2) is 9.02. The van der Waals surface area contributed by atoms with E-state index in [0.29, 0.717) is 26.6 Å². The largest absolute Gasteiger partial charge is 0.503 e. The minimum absolute atomic E-state index is 0.0993. The Kier molecular flexibility index (Phi) is 6.07. The number of ether oxygens (including phenoxy) is 1. The first-order valence-electron chi connectivity index (χ1n) is 12.7. The van der Waals surface area contributed by atoms with Crippen molar-refractivity contribution in [3.05, 3.63) is 62.6 Å². The van der Waals surface area contributed by atoms with Crippen LogP contribution in [0.5, 0.6) is 11.5 Å². The number of hydrogen-bond acceptors (Lipinski definition) is 6. The number of para-hydroxylation sites is 1. The van der Waals surface area contributed by atoms with Crippen LogP contribution in [0, 0.1) is 29.1 Å². The Morgan fingerprint density at radius 1 is 1.00 bits per heavy atom. The lowest BCUT2D eigenvalue weighted by atomic mass is 9.51. The van der Waals surface area contributed by atoms with Gasteiger partial charge in [0.25, 0.3) is 0 Å². The number of carbonyl (C=O) groups is 4. The number of methoxy groups -OCH3 is 1. The van der Waals surface area contributed by atoms with Gasteiger partial charge < -0.3 is 9.84 Å². The van der Waals surface area contributed by atoms with Crippen LogP contribution in [0.2, 0.25) is 0 Å². The molecule has 3 fully saturated rings. The van der Waals surface area contributed by atoms with E-state index in [1.807, 2.05) is 19.1 Å². The number of benzene rings is 2. The van der Waals surface area contributed by atoms with Crippen LogP contribution in [0.1, 0.15) is 31.2 Å². The maximum Gasteiger partial charge on any atom is 0.241 e. The lowest BCUT2D eigenvalue weighted by Gasteiger charge is -2.49. The molecule has 10 heteroatoms. The summed E-state index contributed by atoms with van der Waals surface area (Å²) in [4.78, 5) is 57.2. The van der Waals surface area contributed by atoms with E-state index < -0.39 is 35.0 Å². The average molecular weight is 658 g/mol. The van der Waals surface area contributed by atoms with E-state index >= 15 is 0 Å². The number of imide groups is 2. The smallest absolute Gasteiger partial charge is 0.241 e. The molecule has 0 aromatic heterocycles. The number of amides is 4. The molecule has 39 heavy (non-hydrogen) atoms. The van der Waals surface area contributed by atoms with E-state index in [1.165, 1.54) is 24.0 Å². The first kappa shape index (κ1) is 26.3. The molecule has 4 amide bonds. The van der Waals surface area contributed by atoms with Gasteiger partial charge in [-0.05, 0) is 81.3 Å². The van der Waals surface area contributed by atoms with Crippen LogP contribution in [0.15, 0.2) is 57.0 Å². The zero-order valence-corrected chi connectivity index (χ0v) is 24.7. The lowest BCUT2D eigenvalue weighted by molar-refractivity contribution is -0.138. The van der Waals surface area contributed by atoms with Gasteiger partial charge in [-0.15, -0.1) is 0 Å². The number of halogens is 2. The molecule has 4 aliphatic rings. The van der Waals surface area contributed by atoms with Gasteiger partial charge in [-0.3, -0.25) is 24.1 Å². The van der Waals surface area contributed by atoms with Crippen molar-refractivity contribution in [1.29, 1.82) is 0 Å². The molecule has 1 N–H and O–H groups in total. The second-order valence-electron chi connectivity index (χ2n) is 10.9. The van der Waals surface area contributed by atoms with Gasteiger partial charge in [-0.2, -0.15) is 0 Å². The van der Waals surface area contributed by atoms with E-state index in [9.17, 15) is 24.3 Å². The topological polar surface area (TPSA) is 104 Å². The third-order valence-corrected chi connectivity index (χ3v) is 11.4. The van der Waals surface area contributed by atoms with E-state index in [4.69, 9.17) is 4.74 Å². The van der Waals surface area contributed by atoms with Crippen molar-refractivity contribution in [2.24, 2.45) is 29.1 Å². The fraction of sp³-hybridized carbons (Fsp3) is 0.379. The third-order valence-electron chi connectivity index (χ3n) is 9.21. The molecule has 6 atom stereocenters. The number of carbonyl (C=O) groups excluding carboxylic acids is 4. The number of allylic oxidation sites excluding steroid dienone is 2. The number of phenols is 1. The summed E-state index contributed by atoms with van der Waals surface area (Å²) in [5.74, 6) is -3.81. The number of anilines is 1. The molecule has 0 unspecified atom stereocenters. The molecule has 0 spiro atoms. The summed E-state index contributed by atoms with van der Waals surface area (Å²) < 4.78 is 6.34. The van der Waals surface area contributed by atoms with Crippen molar-refractivity contribution in [2.45, 2.75) is 25.7 Å². The summed E-state index contributed by atoms with van der Waals surface area (Å²) in [7, 11) is 2.95. The molecule has 2 saturated heterocycles. The Morgan fingerprint density at radius 2 is 1.69 bits per heavy atom. The third kappa shape index (κ3) is 3.40. The Balaban J connectivity index is 1.60. The Bertz CT molecular complexity index is 1490. The molecule has 6 rings (SSSR count). The molecule has 2 aliphatic carbocycles. The van der Waals surface area contributed by atoms with Crippen LogP contribution in [0.4, 0.5) is 5.69 Å². The van der Waals surface area contributed by atoms with E-state index in [-0.39, 0.29) is 41.5 Å².